The quantitative estimate of drug-likeness (QED) is 0.365. The van der Waals surface area contributed by atoms with Gasteiger partial charge in [0.05, 0.1) is 0 Å². The fourth-order valence-corrected chi connectivity index (χ4v) is 3.01. The van der Waals surface area contributed by atoms with E-state index in [1.54, 1.807) is 6.08 Å². The van der Waals surface area contributed by atoms with E-state index in [9.17, 15) is 4.79 Å². The summed E-state index contributed by atoms with van der Waals surface area (Å²) >= 11 is 0. The summed E-state index contributed by atoms with van der Waals surface area (Å²) in [5, 5.41) is 0. The average Bonchev–Trinajstić information content (AvgIpc) is 2.72. The molecule has 0 heterocycles. The first-order valence-electron chi connectivity index (χ1n) is 10.5. The fraction of sp³-hybridized carbons (Fsp3) is 0.357. The highest BCUT2D eigenvalue weighted by atomic mass is 16.5. The van der Waals surface area contributed by atoms with Crippen molar-refractivity contribution in [2.45, 2.75) is 59.8 Å². The van der Waals surface area contributed by atoms with Crippen LogP contribution >= 0.6 is 0 Å². The minimum absolute atomic E-state index is 0.0484. The fourth-order valence-electron chi connectivity index (χ4n) is 3.01. The molecule has 0 saturated heterocycles. The third-order valence-corrected chi connectivity index (χ3v) is 4.95. The van der Waals surface area contributed by atoms with Gasteiger partial charge < -0.3 is 9.53 Å². The summed E-state index contributed by atoms with van der Waals surface area (Å²) in [4.78, 5) is 20.2. The van der Waals surface area contributed by atoms with Gasteiger partial charge in [-0.3, -0.25) is 4.79 Å². The molecule has 2 rings (SSSR count). The molecule has 0 fully saturated rings. The predicted octanol–water partition coefficient (Wildman–Crippen LogP) is 7.07. The first-order valence-corrected chi connectivity index (χ1v) is 10.5. The first kappa shape index (κ1) is 26.1. The lowest BCUT2D eigenvalue weighted by molar-refractivity contribution is -0.122. The van der Waals surface area contributed by atoms with Crippen LogP contribution < -0.4 is 4.74 Å². The van der Waals surface area contributed by atoms with E-state index in [0.29, 0.717) is 5.57 Å². The van der Waals surface area contributed by atoms with Crippen LogP contribution in [0.25, 0.3) is 0 Å². The van der Waals surface area contributed by atoms with Gasteiger partial charge in [-0.2, -0.15) is 0 Å². The van der Waals surface area contributed by atoms with Gasteiger partial charge >= 0.3 is 0 Å². The maximum absolute atomic E-state index is 12.2. The second-order valence-corrected chi connectivity index (χ2v) is 9.66. The minimum Gasteiger partial charge on any atom is -0.462 e. The number of allylic oxidation sites excluding steroid dienone is 8. The normalized spacial score (nSPS) is 14.1. The first-order chi connectivity index (χ1) is 14.4. The van der Waals surface area contributed by atoms with Crippen molar-refractivity contribution in [3.05, 3.63) is 89.8 Å². The number of ether oxygens (including phenoxy) is 1. The van der Waals surface area contributed by atoms with Gasteiger partial charge in [-0.15, -0.1) is 0 Å². The Morgan fingerprint density at radius 1 is 0.903 bits per heavy atom. The maximum atomic E-state index is 12.2. The Morgan fingerprint density at radius 3 is 1.94 bits per heavy atom. The lowest BCUT2D eigenvalue weighted by Gasteiger charge is -2.20. The maximum Gasteiger partial charge on any atom is 0.167 e. The van der Waals surface area contributed by atoms with Crippen LogP contribution in [-0.4, -0.2) is 12.6 Å². The molecule has 0 radical (unpaired) electrons. The summed E-state index contributed by atoms with van der Waals surface area (Å²) in [6, 6.07) is 8.30. The van der Waals surface area contributed by atoms with E-state index in [1.807, 2.05) is 57.9 Å². The Labute approximate surface area is 187 Å². The predicted molar refractivity (Wildman–Crippen MR) is 130 cm³/mol. The van der Waals surface area contributed by atoms with Crippen LogP contribution in [0.2, 0.25) is 0 Å². The van der Waals surface area contributed by atoms with Crippen LogP contribution in [-0.2, 0) is 15.0 Å². The molecule has 0 aliphatic heterocycles. The number of hydrogen-bond donors (Lipinski definition) is 0. The summed E-state index contributed by atoms with van der Waals surface area (Å²) in [7, 11) is 0. The highest BCUT2D eigenvalue weighted by molar-refractivity contribution is 6.01. The molecule has 31 heavy (non-hydrogen) atoms. The van der Waals surface area contributed by atoms with Crippen LogP contribution in [0.4, 0.5) is 0 Å². The Morgan fingerprint density at radius 2 is 1.48 bits per heavy atom. The van der Waals surface area contributed by atoms with Crippen LogP contribution in [0.3, 0.4) is 0 Å². The lowest BCUT2D eigenvalue weighted by Crippen LogP contribution is -2.20. The Hall–Kier alpha value is -2.94. The van der Waals surface area contributed by atoms with Gasteiger partial charge in [-0.1, -0.05) is 85.1 Å². The number of carbonyl (C=O) groups excluding carboxylic acids is 2. The van der Waals surface area contributed by atoms with Crippen molar-refractivity contribution in [1.82, 2.24) is 0 Å². The third-order valence-electron chi connectivity index (χ3n) is 4.95. The molecule has 0 bridgehead atoms. The molecular weight excluding hydrogens is 384 g/mol. The highest BCUT2D eigenvalue weighted by Gasteiger charge is 2.22. The van der Waals surface area contributed by atoms with Gasteiger partial charge in [0.25, 0.3) is 0 Å². The molecule has 1 aromatic carbocycles. The monoisotopic (exact) mass is 420 g/mol. The van der Waals surface area contributed by atoms with E-state index < -0.39 is 5.41 Å². The molecule has 1 aromatic rings. The molecule has 3 heteroatoms. The second-order valence-electron chi connectivity index (χ2n) is 9.66. The van der Waals surface area contributed by atoms with E-state index >= 15 is 0 Å². The van der Waals surface area contributed by atoms with Crippen molar-refractivity contribution < 1.29 is 14.3 Å². The lowest BCUT2D eigenvalue weighted by atomic mass is 9.86. The van der Waals surface area contributed by atoms with Crippen molar-refractivity contribution in [3.63, 3.8) is 0 Å². The third kappa shape index (κ3) is 8.01. The van der Waals surface area contributed by atoms with Crippen LogP contribution in [0, 0.1) is 5.41 Å². The van der Waals surface area contributed by atoms with E-state index in [2.05, 4.69) is 46.1 Å². The molecule has 0 saturated carbocycles. The molecule has 0 aromatic heterocycles. The van der Waals surface area contributed by atoms with Gasteiger partial charge in [0, 0.05) is 17.4 Å². The summed E-state index contributed by atoms with van der Waals surface area (Å²) in [6.45, 7) is 22.3. The standard InChI is InChI=1S/C27H34O2.CH2O/c1-19(9-10-20(2)25(28)27(6,7)8)21-11-15-23(16-12-21)29-24-17-13-22(14-18-24)26(3,4)5;1-2/h9-11,13-15,17-18H,1-2,12,16H2,3-8H3;1H2/b10-9-;. The molecule has 1 aliphatic rings. The Kier molecular flexibility index (Phi) is 9.18. The van der Waals surface area contributed by atoms with E-state index in [1.165, 1.54) is 5.56 Å². The largest absolute Gasteiger partial charge is 0.462 e. The van der Waals surface area contributed by atoms with Crippen molar-refractivity contribution in [3.8, 4) is 5.75 Å². The summed E-state index contributed by atoms with van der Waals surface area (Å²) in [5.41, 5.74) is 3.56. The molecule has 0 unspecified atom stereocenters. The highest BCUT2D eigenvalue weighted by Crippen LogP contribution is 2.29. The van der Waals surface area contributed by atoms with Crippen LogP contribution in [0.1, 0.15) is 59.9 Å². The molecule has 166 valence electrons. The zero-order chi connectivity index (χ0) is 23.8. The van der Waals surface area contributed by atoms with Crippen molar-refractivity contribution in [2.24, 2.45) is 5.41 Å². The average molecular weight is 421 g/mol. The van der Waals surface area contributed by atoms with E-state index in [-0.39, 0.29) is 11.2 Å². The molecular formula is C28H36O3. The van der Waals surface area contributed by atoms with Crippen molar-refractivity contribution in [2.75, 3.05) is 0 Å². The topological polar surface area (TPSA) is 43.4 Å². The van der Waals surface area contributed by atoms with Crippen LogP contribution in [0.5, 0.6) is 5.75 Å². The number of ketones is 1. The van der Waals surface area contributed by atoms with Gasteiger partial charge in [-0.25, -0.2) is 0 Å². The van der Waals surface area contributed by atoms with Gasteiger partial charge in [0.1, 0.15) is 18.3 Å². The molecule has 1 aliphatic carbocycles. The SMILES string of the molecule is C=C(/C=C\C(=C)C1=CC=C(Oc2ccc(C(C)(C)C)cc2)CC1)C(=O)C(C)(C)C.C=O. The summed E-state index contributed by atoms with van der Waals surface area (Å²) in [6.07, 6.45) is 9.37. The Bertz CT molecular complexity index is 895. The summed E-state index contributed by atoms with van der Waals surface area (Å²) in [5.74, 6) is 1.85. The van der Waals surface area contributed by atoms with Crippen molar-refractivity contribution in [1.29, 1.82) is 0 Å². The number of benzene rings is 1. The minimum atomic E-state index is -0.424. The van der Waals surface area contributed by atoms with Gasteiger partial charge in [0.15, 0.2) is 5.78 Å². The molecule has 3 nitrogen and oxygen atoms in total. The van der Waals surface area contributed by atoms with Crippen molar-refractivity contribution >= 4 is 12.6 Å². The molecule has 0 amide bonds. The number of hydrogen-bond acceptors (Lipinski definition) is 3. The molecule has 0 atom stereocenters. The second kappa shape index (κ2) is 10.9. The zero-order valence-corrected chi connectivity index (χ0v) is 19.9. The van der Waals surface area contributed by atoms with Crippen LogP contribution in [0.15, 0.2) is 84.2 Å². The summed E-state index contributed by atoms with van der Waals surface area (Å²) < 4.78 is 6.03. The zero-order valence-electron chi connectivity index (χ0n) is 19.9. The van der Waals surface area contributed by atoms with E-state index in [0.717, 1.165) is 35.5 Å². The number of rotatable bonds is 6. The smallest absolute Gasteiger partial charge is 0.167 e. The molecule has 0 spiro atoms. The van der Waals surface area contributed by atoms with Gasteiger partial charge in [-0.05, 0) is 46.8 Å². The van der Waals surface area contributed by atoms with E-state index in [4.69, 9.17) is 9.53 Å². The molecule has 0 N–H and O–H groups in total. The number of Topliss-reactive ketones (excluding diaryl/α,β-unsaturated/α-hetero) is 1. The number of carbonyl (C=O) groups is 2. The van der Waals surface area contributed by atoms with Gasteiger partial charge in [0.2, 0.25) is 0 Å². The Balaban J connectivity index is 0.00000233.